The Balaban J connectivity index is 1.79. The summed E-state index contributed by atoms with van der Waals surface area (Å²) in [6.45, 7) is 6.69. The fourth-order valence-electron chi connectivity index (χ4n) is 2.01. The zero-order valence-corrected chi connectivity index (χ0v) is 15.9. The van der Waals surface area contributed by atoms with E-state index in [1.54, 1.807) is 0 Å². The van der Waals surface area contributed by atoms with Gasteiger partial charge in [-0.3, -0.25) is 0 Å². The quantitative estimate of drug-likeness (QED) is 0.714. The molecule has 0 radical (unpaired) electrons. The molecule has 2 rings (SSSR count). The van der Waals surface area contributed by atoms with E-state index >= 15 is 0 Å². The van der Waals surface area contributed by atoms with Crippen LogP contribution in [0.2, 0.25) is 0 Å². The number of ether oxygens (including phenoxy) is 1. The zero-order valence-electron chi connectivity index (χ0n) is 13.5. The Morgan fingerprint density at radius 2 is 1.87 bits per heavy atom. The summed E-state index contributed by atoms with van der Waals surface area (Å²) in [6.07, 6.45) is 0. The predicted molar refractivity (Wildman–Crippen MR) is 104 cm³/mol. The van der Waals surface area contributed by atoms with Crippen LogP contribution in [-0.2, 0) is 0 Å². The molecule has 5 heteroatoms. The first-order valence-electron chi connectivity index (χ1n) is 7.47. The van der Waals surface area contributed by atoms with Crippen molar-refractivity contribution in [3.8, 4) is 5.75 Å². The summed E-state index contributed by atoms with van der Waals surface area (Å²) >= 11 is 8.84. The van der Waals surface area contributed by atoms with Crippen LogP contribution in [0, 0.1) is 13.8 Å². The van der Waals surface area contributed by atoms with Crippen LogP contribution >= 0.6 is 28.1 Å². The molecular weight excluding hydrogens is 372 g/mol. The van der Waals surface area contributed by atoms with Gasteiger partial charge in [0.05, 0.1) is 6.04 Å². The summed E-state index contributed by atoms with van der Waals surface area (Å²) in [7, 11) is 0. The number of rotatable bonds is 5. The van der Waals surface area contributed by atoms with Crippen LogP contribution < -0.4 is 15.4 Å². The molecule has 0 spiro atoms. The van der Waals surface area contributed by atoms with E-state index in [0.29, 0.717) is 11.7 Å². The van der Waals surface area contributed by atoms with E-state index in [0.717, 1.165) is 21.5 Å². The Labute approximate surface area is 151 Å². The molecule has 0 unspecified atom stereocenters. The summed E-state index contributed by atoms with van der Waals surface area (Å²) in [6, 6.07) is 14.2. The lowest BCUT2D eigenvalue weighted by Crippen LogP contribution is -2.39. The third-order valence-corrected chi connectivity index (χ3v) is 4.42. The van der Waals surface area contributed by atoms with Crippen molar-refractivity contribution in [2.24, 2.45) is 0 Å². The maximum atomic E-state index is 5.75. The molecule has 2 aromatic carbocycles. The van der Waals surface area contributed by atoms with Gasteiger partial charge in [-0.25, -0.2) is 0 Å². The molecule has 2 N–H and O–H groups in total. The fourth-order valence-corrected chi connectivity index (χ4v) is 2.58. The Morgan fingerprint density at radius 3 is 2.52 bits per heavy atom. The first-order valence-corrected chi connectivity index (χ1v) is 8.67. The van der Waals surface area contributed by atoms with Crippen molar-refractivity contribution in [3.05, 3.63) is 58.1 Å². The molecule has 1 atom stereocenters. The second kappa shape index (κ2) is 8.31. The smallest absolute Gasteiger partial charge is 0.171 e. The molecule has 0 bridgehead atoms. The van der Waals surface area contributed by atoms with E-state index in [9.17, 15) is 0 Å². The van der Waals surface area contributed by atoms with Gasteiger partial charge in [-0.15, -0.1) is 0 Å². The first kappa shape index (κ1) is 17.8. The molecule has 2 aromatic rings. The average molecular weight is 393 g/mol. The van der Waals surface area contributed by atoms with Crippen LogP contribution in [-0.4, -0.2) is 17.8 Å². The van der Waals surface area contributed by atoms with Gasteiger partial charge >= 0.3 is 0 Å². The average Bonchev–Trinajstić information content (AvgIpc) is 2.50. The molecule has 0 aliphatic rings. The van der Waals surface area contributed by atoms with Crippen LogP contribution in [0.4, 0.5) is 5.69 Å². The Bertz CT molecular complexity index is 673. The Morgan fingerprint density at radius 1 is 1.17 bits per heavy atom. The van der Waals surface area contributed by atoms with Gasteiger partial charge in [-0.2, -0.15) is 0 Å². The molecule has 23 heavy (non-hydrogen) atoms. The van der Waals surface area contributed by atoms with Crippen LogP contribution in [0.3, 0.4) is 0 Å². The molecule has 0 fully saturated rings. The van der Waals surface area contributed by atoms with Crippen molar-refractivity contribution >= 4 is 38.9 Å². The van der Waals surface area contributed by atoms with E-state index < -0.39 is 0 Å². The van der Waals surface area contributed by atoms with Crippen molar-refractivity contribution in [2.75, 3.05) is 11.9 Å². The Kier molecular flexibility index (Phi) is 6.42. The highest BCUT2D eigenvalue weighted by atomic mass is 79.9. The molecular formula is C18H21BrN2OS. The molecule has 0 aromatic heterocycles. The Hall–Kier alpha value is -1.59. The minimum atomic E-state index is 0.104. The van der Waals surface area contributed by atoms with Gasteiger partial charge in [0.2, 0.25) is 0 Å². The van der Waals surface area contributed by atoms with Gasteiger partial charge in [0.1, 0.15) is 12.4 Å². The maximum Gasteiger partial charge on any atom is 0.171 e. The lowest BCUT2D eigenvalue weighted by Gasteiger charge is -2.18. The third-order valence-electron chi connectivity index (χ3n) is 3.31. The number of nitrogens with one attached hydrogen (secondary N) is 2. The normalized spacial score (nSPS) is 11.7. The standard InChI is InChI=1S/C18H21BrN2OS/c1-12-4-7-16(8-5-12)22-11-14(3)20-18(23)21-15-6-9-17(19)13(2)10-15/h4-10,14H,11H2,1-3H3,(H2,20,21,23)/t14-/m0/s1. The summed E-state index contributed by atoms with van der Waals surface area (Å²) in [5.41, 5.74) is 3.35. The van der Waals surface area contributed by atoms with Crippen LogP contribution in [0.15, 0.2) is 46.9 Å². The summed E-state index contributed by atoms with van der Waals surface area (Å²) in [5, 5.41) is 7.01. The number of thiocarbonyl (C=S) groups is 1. The molecule has 3 nitrogen and oxygen atoms in total. The van der Waals surface area contributed by atoms with E-state index in [2.05, 4.69) is 33.5 Å². The molecule has 0 amide bonds. The predicted octanol–water partition coefficient (Wildman–Crippen LogP) is 4.82. The van der Waals surface area contributed by atoms with Crippen molar-refractivity contribution in [3.63, 3.8) is 0 Å². The SMILES string of the molecule is Cc1ccc(OC[C@H](C)NC(=S)Nc2ccc(Br)c(C)c2)cc1. The lowest BCUT2D eigenvalue weighted by atomic mass is 10.2. The second-order valence-electron chi connectivity index (χ2n) is 5.59. The number of aryl methyl sites for hydroxylation is 2. The number of hydrogen-bond acceptors (Lipinski definition) is 2. The second-order valence-corrected chi connectivity index (χ2v) is 6.85. The molecule has 0 aliphatic carbocycles. The minimum Gasteiger partial charge on any atom is -0.491 e. The molecule has 0 aliphatic heterocycles. The molecule has 0 saturated heterocycles. The molecule has 0 saturated carbocycles. The van der Waals surface area contributed by atoms with E-state index in [1.165, 1.54) is 5.56 Å². The van der Waals surface area contributed by atoms with Crippen molar-refractivity contribution in [1.29, 1.82) is 0 Å². The topological polar surface area (TPSA) is 33.3 Å². The number of benzene rings is 2. The van der Waals surface area contributed by atoms with E-state index in [-0.39, 0.29) is 6.04 Å². The van der Waals surface area contributed by atoms with Gasteiger partial charge in [-0.1, -0.05) is 33.6 Å². The van der Waals surface area contributed by atoms with Crippen molar-refractivity contribution in [2.45, 2.75) is 26.8 Å². The lowest BCUT2D eigenvalue weighted by molar-refractivity contribution is 0.287. The molecule has 0 heterocycles. The summed E-state index contributed by atoms with van der Waals surface area (Å²) < 4.78 is 6.84. The minimum absolute atomic E-state index is 0.104. The van der Waals surface area contributed by atoms with Gasteiger partial charge in [0.25, 0.3) is 0 Å². The zero-order chi connectivity index (χ0) is 16.8. The number of hydrogen-bond donors (Lipinski definition) is 2. The van der Waals surface area contributed by atoms with Crippen LogP contribution in [0.5, 0.6) is 5.75 Å². The fraction of sp³-hybridized carbons (Fsp3) is 0.278. The first-order chi connectivity index (χ1) is 10.9. The summed E-state index contributed by atoms with van der Waals surface area (Å²) in [5.74, 6) is 0.867. The highest BCUT2D eigenvalue weighted by Gasteiger charge is 2.06. The number of halogens is 1. The molecule has 122 valence electrons. The number of anilines is 1. The highest BCUT2D eigenvalue weighted by Crippen LogP contribution is 2.20. The maximum absolute atomic E-state index is 5.75. The highest BCUT2D eigenvalue weighted by molar-refractivity contribution is 9.10. The van der Waals surface area contributed by atoms with E-state index in [1.807, 2.05) is 56.3 Å². The van der Waals surface area contributed by atoms with Gasteiger partial charge in [0, 0.05) is 10.2 Å². The third kappa shape index (κ3) is 5.84. The monoisotopic (exact) mass is 392 g/mol. The van der Waals surface area contributed by atoms with Gasteiger partial charge in [0.15, 0.2) is 5.11 Å². The van der Waals surface area contributed by atoms with E-state index in [4.69, 9.17) is 17.0 Å². The summed E-state index contributed by atoms with van der Waals surface area (Å²) in [4.78, 5) is 0. The van der Waals surface area contributed by atoms with Gasteiger partial charge < -0.3 is 15.4 Å². The van der Waals surface area contributed by atoms with Gasteiger partial charge in [-0.05, 0) is 68.9 Å². The van der Waals surface area contributed by atoms with Crippen LogP contribution in [0.25, 0.3) is 0 Å². The van der Waals surface area contributed by atoms with Crippen molar-refractivity contribution < 1.29 is 4.74 Å². The largest absolute Gasteiger partial charge is 0.491 e. The van der Waals surface area contributed by atoms with Crippen LogP contribution in [0.1, 0.15) is 18.1 Å². The van der Waals surface area contributed by atoms with Crippen molar-refractivity contribution in [1.82, 2.24) is 5.32 Å².